The van der Waals surface area contributed by atoms with Crippen molar-refractivity contribution < 1.29 is 14.2 Å². The lowest BCUT2D eigenvalue weighted by Gasteiger charge is -2.15. The van der Waals surface area contributed by atoms with Crippen molar-refractivity contribution in [3.63, 3.8) is 0 Å². The van der Waals surface area contributed by atoms with Crippen LogP contribution in [0.1, 0.15) is 18.6 Å². The van der Waals surface area contributed by atoms with Crippen LogP contribution in [0, 0.1) is 5.82 Å². The molecule has 0 fully saturated rings. The Labute approximate surface area is 116 Å². The van der Waals surface area contributed by atoms with Crippen molar-refractivity contribution in [3.05, 3.63) is 53.8 Å². The second-order valence-corrected chi connectivity index (χ2v) is 4.94. The summed E-state index contributed by atoms with van der Waals surface area (Å²) >= 11 is 1.52. The van der Waals surface area contributed by atoms with Crippen LogP contribution in [-0.4, -0.2) is 11.4 Å². The Morgan fingerprint density at radius 3 is 2.58 bits per heavy atom. The molecular formula is C15H15FO2S. The summed E-state index contributed by atoms with van der Waals surface area (Å²) in [5, 5.41) is 9.68. The number of thioether (sulfide) groups is 1. The fourth-order valence-electron chi connectivity index (χ4n) is 1.78. The topological polar surface area (TPSA) is 29.5 Å². The molecule has 4 heteroatoms. The maximum Gasteiger partial charge on any atom is 0.168 e. The molecular weight excluding hydrogens is 263 g/mol. The highest BCUT2D eigenvalue weighted by molar-refractivity contribution is 7.98. The van der Waals surface area contributed by atoms with Gasteiger partial charge in [-0.2, -0.15) is 0 Å². The Morgan fingerprint density at radius 2 is 1.89 bits per heavy atom. The van der Waals surface area contributed by atoms with Gasteiger partial charge < -0.3 is 9.84 Å². The number of hydrogen-bond donors (Lipinski definition) is 1. The Balaban J connectivity index is 2.43. The second-order valence-electron chi connectivity index (χ2n) is 4.09. The van der Waals surface area contributed by atoms with Gasteiger partial charge >= 0.3 is 0 Å². The minimum Gasteiger partial charge on any atom is -0.453 e. The smallest absolute Gasteiger partial charge is 0.168 e. The van der Waals surface area contributed by atoms with Crippen LogP contribution >= 0.6 is 11.8 Å². The van der Waals surface area contributed by atoms with Crippen molar-refractivity contribution >= 4 is 11.8 Å². The standard InChI is InChI=1S/C15H15FO2S/c1-10(17)11-6-5-7-12(16)15(11)18-13-8-3-4-9-14(13)19-2/h3-10,17H,1-2H3/t10-/m0/s1. The number of para-hydroxylation sites is 2. The summed E-state index contributed by atoms with van der Waals surface area (Å²) in [6, 6.07) is 12.0. The number of aliphatic hydroxyl groups excluding tert-OH is 1. The summed E-state index contributed by atoms with van der Waals surface area (Å²) in [5.41, 5.74) is 0.441. The predicted octanol–water partition coefficient (Wildman–Crippen LogP) is 4.39. The number of hydrogen-bond acceptors (Lipinski definition) is 3. The van der Waals surface area contributed by atoms with Gasteiger partial charge in [-0.3, -0.25) is 0 Å². The zero-order valence-corrected chi connectivity index (χ0v) is 11.6. The summed E-state index contributed by atoms with van der Waals surface area (Å²) in [4.78, 5) is 0.919. The van der Waals surface area contributed by atoms with Gasteiger partial charge in [-0.15, -0.1) is 11.8 Å². The minimum atomic E-state index is -0.785. The van der Waals surface area contributed by atoms with Crippen molar-refractivity contribution in [1.29, 1.82) is 0 Å². The molecule has 0 aliphatic rings. The molecule has 0 saturated carbocycles. The van der Waals surface area contributed by atoms with Crippen LogP contribution < -0.4 is 4.74 Å². The predicted molar refractivity (Wildman–Crippen MR) is 75.3 cm³/mol. The van der Waals surface area contributed by atoms with E-state index in [1.54, 1.807) is 25.1 Å². The normalized spacial score (nSPS) is 12.2. The first kappa shape index (κ1) is 13.9. The molecule has 0 aliphatic heterocycles. The molecule has 2 aromatic carbocycles. The van der Waals surface area contributed by atoms with Crippen molar-refractivity contribution in [3.8, 4) is 11.5 Å². The molecule has 0 spiro atoms. The SMILES string of the molecule is CSc1ccccc1Oc1c(F)cccc1[C@H](C)O. The van der Waals surface area contributed by atoms with Crippen LogP contribution in [0.5, 0.6) is 11.5 Å². The lowest BCUT2D eigenvalue weighted by atomic mass is 10.1. The zero-order valence-electron chi connectivity index (χ0n) is 10.8. The quantitative estimate of drug-likeness (QED) is 0.841. The Bertz CT molecular complexity index is 570. The molecule has 19 heavy (non-hydrogen) atoms. The molecule has 0 unspecified atom stereocenters. The van der Waals surface area contributed by atoms with Gasteiger partial charge in [0.25, 0.3) is 0 Å². The molecule has 0 radical (unpaired) electrons. The maximum atomic E-state index is 13.9. The van der Waals surface area contributed by atoms with Gasteiger partial charge in [0, 0.05) is 10.5 Å². The number of aliphatic hydroxyl groups is 1. The fraction of sp³-hybridized carbons (Fsp3) is 0.200. The monoisotopic (exact) mass is 278 g/mol. The third-order valence-electron chi connectivity index (χ3n) is 2.73. The Hall–Kier alpha value is -1.52. The molecule has 0 aromatic heterocycles. The zero-order chi connectivity index (χ0) is 13.8. The summed E-state index contributed by atoms with van der Waals surface area (Å²) in [5.74, 6) is 0.190. The highest BCUT2D eigenvalue weighted by Gasteiger charge is 2.15. The minimum absolute atomic E-state index is 0.0824. The Morgan fingerprint density at radius 1 is 1.16 bits per heavy atom. The summed E-state index contributed by atoms with van der Waals surface area (Å²) in [7, 11) is 0. The Kier molecular flexibility index (Phi) is 4.45. The van der Waals surface area contributed by atoms with E-state index < -0.39 is 11.9 Å². The van der Waals surface area contributed by atoms with E-state index in [9.17, 15) is 9.50 Å². The average Bonchev–Trinajstić information content (AvgIpc) is 2.41. The van der Waals surface area contributed by atoms with Gasteiger partial charge in [-0.1, -0.05) is 24.3 Å². The molecule has 2 aromatic rings. The van der Waals surface area contributed by atoms with E-state index in [-0.39, 0.29) is 5.75 Å². The molecule has 0 amide bonds. The number of rotatable bonds is 4. The van der Waals surface area contributed by atoms with E-state index in [4.69, 9.17) is 4.74 Å². The van der Waals surface area contributed by atoms with Crippen LogP contribution in [-0.2, 0) is 0 Å². The van der Waals surface area contributed by atoms with Crippen molar-refractivity contribution in [2.45, 2.75) is 17.9 Å². The molecule has 1 N–H and O–H groups in total. The van der Waals surface area contributed by atoms with Gasteiger partial charge in [0.2, 0.25) is 0 Å². The average molecular weight is 278 g/mol. The van der Waals surface area contributed by atoms with Gasteiger partial charge in [-0.25, -0.2) is 4.39 Å². The van der Waals surface area contributed by atoms with Crippen LogP contribution in [0.15, 0.2) is 47.4 Å². The van der Waals surface area contributed by atoms with E-state index in [1.165, 1.54) is 17.8 Å². The number of benzene rings is 2. The summed E-state index contributed by atoms with van der Waals surface area (Å²) in [6.07, 6.45) is 1.14. The second kappa shape index (κ2) is 6.08. The molecule has 2 nitrogen and oxygen atoms in total. The number of halogens is 1. The van der Waals surface area contributed by atoms with Crippen LogP contribution in [0.25, 0.3) is 0 Å². The van der Waals surface area contributed by atoms with Crippen LogP contribution in [0.3, 0.4) is 0 Å². The molecule has 100 valence electrons. The molecule has 0 aliphatic carbocycles. The van der Waals surface area contributed by atoms with Gasteiger partial charge in [-0.05, 0) is 31.4 Å². The highest BCUT2D eigenvalue weighted by atomic mass is 32.2. The molecule has 0 heterocycles. The van der Waals surface area contributed by atoms with Crippen molar-refractivity contribution in [2.75, 3.05) is 6.26 Å². The number of ether oxygens (including phenoxy) is 1. The van der Waals surface area contributed by atoms with Gasteiger partial charge in [0.1, 0.15) is 5.75 Å². The third-order valence-corrected chi connectivity index (χ3v) is 3.51. The molecule has 0 bridgehead atoms. The van der Waals surface area contributed by atoms with Crippen LogP contribution in [0.4, 0.5) is 4.39 Å². The maximum absolute atomic E-state index is 13.9. The first-order chi connectivity index (χ1) is 9.13. The summed E-state index contributed by atoms with van der Waals surface area (Å²) in [6.45, 7) is 1.59. The fourth-order valence-corrected chi connectivity index (χ4v) is 2.30. The first-order valence-electron chi connectivity index (χ1n) is 5.91. The van der Waals surface area contributed by atoms with E-state index in [0.29, 0.717) is 11.3 Å². The van der Waals surface area contributed by atoms with Crippen LogP contribution in [0.2, 0.25) is 0 Å². The lowest BCUT2D eigenvalue weighted by molar-refractivity contribution is 0.194. The lowest BCUT2D eigenvalue weighted by Crippen LogP contribution is -1.99. The highest BCUT2D eigenvalue weighted by Crippen LogP contribution is 2.36. The van der Waals surface area contributed by atoms with Crippen molar-refractivity contribution in [2.24, 2.45) is 0 Å². The molecule has 0 saturated heterocycles. The summed E-state index contributed by atoms with van der Waals surface area (Å²) < 4.78 is 19.6. The molecule has 1 atom stereocenters. The third kappa shape index (κ3) is 3.08. The molecule has 2 rings (SSSR count). The first-order valence-corrected chi connectivity index (χ1v) is 7.13. The largest absolute Gasteiger partial charge is 0.453 e. The van der Waals surface area contributed by atoms with Gasteiger partial charge in [0.15, 0.2) is 11.6 Å². The van der Waals surface area contributed by atoms with E-state index in [0.717, 1.165) is 4.90 Å². The van der Waals surface area contributed by atoms with E-state index >= 15 is 0 Å². The van der Waals surface area contributed by atoms with Gasteiger partial charge in [0.05, 0.1) is 6.10 Å². The van der Waals surface area contributed by atoms with E-state index in [1.807, 2.05) is 24.5 Å². The van der Waals surface area contributed by atoms with Crippen molar-refractivity contribution in [1.82, 2.24) is 0 Å². The van der Waals surface area contributed by atoms with E-state index in [2.05, 4.69) is 0 Å².